The molecule has 1 N–H and O–H groups in total. The van der Waals surface area contributed by atoms with Crippen LogP contribution in [0.2, 0.25) is 0 Å². The number of fused-ring (bicyclic) bond motifs is 1. The van der Waals surface area contributed by atoms with E-state index in [2.05, 4.69) is 4.72 Å². The average Bonchev–Trinajstić information content (AvgIpc) is 2.65. The first-order valence-electron chi connectivity index (χ1n) is 7.84. The third kappa shape index (κ3) is 4.29. The van der Waals surface area contributed by atoms with E-state index in [9.17, 15) is 8.42 Å². The Morgan fingerprint density at radius 3 is 2.36 bits per heavy atom. The van der Waals surface area contributed by atoms with Crippen molar-refractivity contribution < 1.29 is 17.9 Å². The van der Waals surface area contributed by atoms with Gasteiger partial charge in [0.1, 0.15) is 18.1 Å². The number of sulfonamides is 1. The molecule has 25 heavy (non-hydrogen) atoms. The first-order chi connectivity index (χ1) is 12.1. The molecule has 0 aliphatic rings. The SMILES string of the molecule is COc1ccc2cc(S(=O)(=O)NCCOc3ccccc3)ccc2c1. The van der Waals surface area contributed by atoms with Gasteiger partial charge in [0, 0.05) is 6.54 Å². The number of benzene rings is 3. The Hall–Kier alpha value is -2.57. The zero-order chi connectivity index (χ0) is 17.7. The van der Waals surface area contributed by atoms with Gasteiger partial charge in [-0.3, -0.25) is 0 Å². The van der Waals surface area contributed by atoms with Crippen molar-refractivity contribution in [2.45, 2.75) is 4.90 Å². The lowest BCUT2D eigenvalue weighted by Gasteiger charge is -2.09. The highest BCUT2D eigenvalue weighted by molar-refractivity contribution is 7.89. The fourth-order valence-electron chi connectivity index (χ4n) is 2.44. The quantitative estimate of drug-likeness (QED) is 0.660. The predicted octanol–water partition coefficient (Wildman–Crippen LogP) is 3.21. The van der Waals surface area contributed by atoms with Crippen molar-refractivity contribution in [2.24, 2.45) is 0 Å². The van der Waals surface area contributed by atoms with E-state index in [-0.39, 0.29) is 18.0 Å². The molecule has 0 heterocycles. The number of hydrogen-bond acceptors (Lipinski definition) is 4. The summed E-state index contributed by atoms with van der Waals surface area (Å²) >= 11 is 0. The van der Waals surface area contributed by atoms with Gasteiger partial charge < -0.3 is 9.47 Å². The molecule has 3 aromatic carbocycles. The van der Waals surface area contributed by atoms with Crippen molar-refractivity contribution in [1.82, 2.24) is 4.72 Å². The van der Waals surface area contributed by atoms with Gasteiger partial charge in [-0.05, 0) is 47.2 Å². The van der Waals surface area contributed by atoms with Crippen molar-refractivity contribution in [3.63, 3.8) is 0 Å². The number of para-hydroxylation sites is 1. The van der Waals surface area contributed by atoms with Gasteiger partial charge in [0.25, 0.3) is 0 Å². The Kier molecular flexibility index (Phi) is 5.21. The highest BCUT2D eigenvalue weighted by atomic mass is 32.2. The summed E-state index contributed by atoms with van der Waals surface area (Å²) < 4.78 is 38.1. The lowest BCUT2D eigenvalue weighted by Crippen LogP contribution is -2.28. The van der Waals surface area contributed by atoms with Crippen LogP contribution in [0.25, 0.3) is 10.8 Å². The standard InChI is InChI=1S/C19H19NO4S/c1-23-18-9-7-16-14-19(10-8-15(16)13-18)25(21,22)20-11-12-24-17-5-3-2-4-6-17/h2-10,13-14,20H,11-12H2,1H3. The van der Waals surface area contributed by atoms with Crippen molar-refractivity contribution >= 4 is 20.8 Å². The smallest absolute Gasteiger partial charge is 0.240 e. The van der Waals surface area contributed by atoms with Crippen molar-refractivity contribution in [3.8, 4) is 11.5 Å². The molecule has 130 valence electrons. The molecule has 0 saturated heterocycles. The summed E-state index contributed by atoms with van der Waals surface area (Å²) in [5.74, 6) is 1.45. The maximum absolute atomic E-state index is 12.4. The molecule has 0 aromatic heterocycles. The highest BCUT2D eigenvalue weighted by Crippen LogP contribution is 2.23. The molecule has 0 aliphatic heterocycles. The summed E-state index contributed by atoms with van der Waals surface area (Å²) in [6.45, 7) is 0.450. The second-order valence-corrected chi connectivity index (χ2v) is 7.20. The van der Waals surface area contributed by atoms with E-state index in [0.717, 1.165) is 16.5 Å². The fraction of sp³-hybridized carbons (Fsp3) is 0.158. The Bertz CT molecular complexity index is 956. The van der Waals surface area contributed by atoms with Crippen LogP contribution in [0.4, 0.5) is 0 Å². The van der Waals surface area contributed by atoms with Crippen LogP contribution in [0.5, 0.6) is 11.5 Å². The molecule has 0 unspecified atom stereocenters. The summed E-state index contributed by atoms with van der Waals surface area (Å²) in [6.07, 6.45) is 0. The maximum atomic E-state index is 12.4. The maximum Gasteiger partial charge on any atom is 0.240 e. The lowest BCUT2D eigenvalue weighted by molar-refractivity contribution is 0.323. The molecule has 0 atom stereocenters. The van der Waals surface area contributed by atoms with E-state index < -0.39 is 10.0 Å². The molecular formula is C19H19NO4S. The van der Waals surface area contributed by atoms with Gasteiger partial charge in [-0.15, -0.1) is 0 Å². The summed E-state index contributed by atoms with van der Waals surface area (Å²) in [5.41, 5.74) is 0. The fourth-order valence-corrected chi connectivity index (χ4v) is 3.49. The van der Waals surface area contributed by atoms with Crippen LogP contribution in [0.15, 0.2) is 71.6 Å². The van der Waals surface area contributed by atoms with E-state index in [0.29, 0.717) is 5.75 Å². The molecule has 5 nitrogen and oxygen atoms in total. The van der Waals surface area contributed by atoms with Crippen LogP contribution in [0, 0.1) is 0 Å². The number of nitrogens with one attached hydrogen (secondary N) is 1. The second-order valence-electron chi connectivity index (χ2n) is 5.43. The van der Waals surface area contributed by atoms with Crippen LogP contribution in [0.1, 0.15) is 0 Å². The zero-order valence-electron chi connectivity index (χ0n) is 13.8. The van der Waals surface area contributed by atoms with Crippen molar-refractivity contribution in [1.29, 1.82) is 0 Å². The molecule has 0 aliphatic carbocycles. The van der Waals surface area contributed by atoms with Crippen LogP contribution >= 0.6 is 0 Å². The predicted molar refractivity (Wildman–Crippen MR) is 97.6 cm³/mol. The van der Waals surface area contributed by atoms with E-state index in [1.807, 2.05) is 42.5 Å². The van der Waals surface area contributed by atoms with Gasteiger partial charge in [0.05, 0.1) is 12.0 Å². The van der Waals surface area contributed by atoms with Gasteiger partial charge in [-0.2, -0.15) is 0 Å². The van der Waals surface area contributed by atoms with Crippen LogP contribution in [-0.2, 0) is 10.0 Å². The molecule has 0 saturated carbocycles. The molecule has 6 heteroatoms. The van der Waals surface area contributed by atoms with Crippen LogP contribution in [-0.4, -0.2) is 28.7 Å². The van der Waals surface area contributed by atoms with Crippen LogP contribution < -0.4 is 14.2 Å². The monoisotopic (exact) mass is 357 g/mol. The van der Waals surface area contributed by atoms with E-state index in [4.69, 9.17) is 9.47 Å². The summed E-state index contributed by atoms with van der Waals surface area (Å²) in [7, 11) is -1.98. The zero-order valence-corrected chi connectivity index (χ0v) is 14.6. The number of hydrogen-bond donors (Lipinski definition) is 1. The topological polar surface area (TPSA) is 64.6 Å². The minimum absolute atomic E-state index is 0.192. The second kappa shape index (κ2) is 7.55. The van der Waals surface area contributed by atoms with E-state index in [1.54, 1.807) is 31.4 Å². The van der Waals surface area contributed by atoms with Crippen molar-refractivity contribution in [3.05, 3.63) is 66.7 Å². The Morgan fingerprint density at radius 1 is 0.880 bits per heavy atom. The highest BCUT2D eigenvalue weighted by Gasteiger charge is 2.14. The van der Waals surface area contributed by atoms with Gasteiger partial charge in [0.15, 0.2) is 0 Å². The lowest BCUT2D eigenvalue weighted by atomic mass is 10.1. The average molecular weight is 357 g/mol. The summed E-state index contributed by atoms with van der Waals surface area (Å²) in [4.78, 5) is 0.227. The molecule has 3 rings (SSSR count). The van der Waals surface area contributed by atoms with E-state index in [1.165, 1.54) is 0 Å². The summed E-state index contributed by atoms with van der Waals surface area (Å²) in [6, 6.07) is 19.8. The van der Waals surface area contributed by atoms with Gasteiger partial charge in [0.2, 0.25) is 10.0 Å². The van der Waals surface area contributed by atoms with Crippen molar-refractivity contribution in [2.75, 3.05) is 20.3 Å². The first kappa shape index (κ1) is 17.3. The third-order valence-corrected chi connectivity index (χ3v) is 5.19. The molecule has 0 bridgehead atoms. The minimum Gasteiger partial charge on any atom is -0.497 e. The molecule has 3 aromatic rings. The summed E-state index contributed by atoms with van der Waals surface area (Å²) in [5, 5.41) is 1.76. The Morgan fingerprint density at radius 2 is 1.60 bits per heavy atom. The van der Waals surface area contributed by atoms with E-state index >= 15 is 0 Å². The molecule has 0 amide bonds. The van der Waals surface area contributed by atoms with Gasteiger partial charge in [-0.25, -0.2) is 13.1 Å². The molecule has 0 spiro atoms. The van der Waals surface area contributed by atoms with Crippen LogP contribution in [0.3, 0.4) is 0 Å². The Balaban J connectivity index is 1.66. The van der Waals surface area contributed by atoms with Gasteiger partial charge >= 0.3 is 0 Å². The first-order valence-corrected chi connectivity index (χ1v) is 9.32. The normalized spacial score (nSPS) is 11.4. The largest absolute Gasteiger partial charge is 0.497 e. The number of methoxy groups -OCH3 is 1. The third-order valence-electron chi connectivity index (χ3n) is 3.74. The minimum atomic E-state index is -3.58. The molecular weight excluding hydrogens is 338 g/mol. The molecule has 0 radical (unpaired) electrons. The molecule has 0 fully saturated rings. The number of ether oxygens (including phenoxy) is 2. The number of rotatable bonds is 7. The van der Waals surface area contributed by atoms with Gasteiger partial charge in [-0.1, -0.05) is 30.3 Å². The Labute approximate surface area is 147 Å².